The maximum atomic E-state index is 12.5. The van der Waals surface area contributed by atoms with Gasteiger partial charge in [-0.1, -0.05) is 29.8 Å². The first-order valence-electron chi connectivity index (χ1n) is 8.53. The Kier molecular flexibility index (Phi) is 4.24. The highest BCUT2D eigenvalue weighted by Gasteiger charge is 2.19. The van der Waals surface area contributed by atoms with Gasteiger partial charge in [-0.3, -0.25) is 9.36 Å². The smallest absolute Gasteiger partial charge is 0.338 e. The summed E-state index contributed by atoms with van der Waals surface area (Å²) >= 11 is 6.16. The summed E-state index contributed by atoms with van der Waals surface area (Å²) in [6.07, 6.45) is 1.22. The fourth-order valence-corrected chi connectivity index (χ4v) is 3.60. The minimum atomic E-state index is -0.481. The Labute approximate surface area is 155 Å². The van der Waals surface area contributed by atoms with Gasteiger partial charge in [-0.25, -0.2) is 9.78 Å². The molecule has 1 aliphatic heterocycles. The van der Waals surface area contributed by atoms with Crippen molar-refractivity contribution in [2.75, 3.05) is 0 Å². The van der Waals surface area contributed by atoms with Crippen LogP contribution in [0.1, 0.15) is 41.2 Å². The first-order valence-corrected chi connectivity index (χ1v) is 8.91. The molecule has 5 nitrogen and oxygen atoms in total. The third-order valence-electron chi connectivity index (χ3n) is 4.68. The van der Waals surface area contributed by atoms with Gasteiger partial charge in [0.2, 0.25) is 0 Å². The van der Waals surface area contributed by atoms with E-state index in [1.54, 1.807) is 35.8 Å². The minimum absolute atomic E-state index is 0.0492. The zero-order chi connectivity index (χ0) is 18.3. The number of hydrogen-bond donors (Lipinski definition) is 0. The molecule has 26 heavy (non-hydrogen) atoms. The Balaban J connectivity index is 1.64. The second-order valence-electron chi connectivity index (χ2n) is 6.39. The van der Waals surface area contributed by atoms with Gasteiger partial charge in [0.15, 0.2) is 0 Å². The van der Waals surface area contributed by atoms with E-state index >= 15 is 0 Å². The molecule has 6 heteroatoms. The van der Waals surface area contributed by atoms with E-state index < -0.39 is 12.1 Å². The number of carbonyl (C=O) groups excluding carboxylic acids is 1. The molecule has 1 aromatic heterocycles. The van der Waals surface area contributed by atoms with Gasteiger partial charge >= 0.3 is 5.97 Å². The summed E-state index contributed by atoms with van der Waals surface area (Å²) in [7, 11) is 0. The quantitative estimate of drug-likeness (QED) is 0.657. The Morgan fingerprint density at radius 3 is 2.88 bits per heavy atom. The van der Waals surface area contributed by atoms with Crippen LogP contribution in [0, 0.1) is 0 Å². The molecule has 3 aromatic rings. The molecule has 0 saturated heterocycles. The number of ether oxygens (including phenoxy) is 1. The summed E-state index contributed by atoms with van der Waals surface area (Å²) in [5, 5.41) is 1.07. The van der Waals surface area contributed by atoms with Gasteiger partial charge in [0.25, 0.3) is 5.56 Å². The van der Waals surface area contributed by atoms with E-state index in [2.05, 4.69) is 4.98 Å². The minimum Gasteiger partial charge on any atom is -0.454 e. The second-order valence-corrected chi connectivity index (χ2v) is 6.80. The van der Waals surface area contributed by atoms with E-state index in [0.29, 0.717) is 28.0 Å². The van der Waals surface area contributed by atoms with Crippen molar-refractivity contribution in [3.8, 4) is 0 Å². The summed E-state index contributed by atoms with van der Waals surface area (Å²) in [5.41, 5.74) is 1.60. The molecule has 0 bridgehead atoms. The molecule has 2 heterocycles. The van der Waals surface area contributed by atoms with Gasteiger partial charge in [0, 0.05) is 23.6 Å². The number of aryl methyl sites for hydroxylation is 1. The van der Waals surface area contributed by atoms with Crippen molar-refractivity contribution in [2.24, 2.45) is 0 Å². The van der Waals surface area contributed by atoms with Crippen molar-refractivity contribution in [3.05, 3.63) is 74.8 Å². The predicted octanol–water partition coefficient (Wildman–Crippen LogP) is 3.91. The molecule has 132 valence electrons. The molecule has 1 aliphatic rings. The molecule has 0 aliphatic carbocycles. The third kappa shape index (κ3) is 2.88. The average Bonchev–Trinajstić information content (AvgIpc) is 3.10. The van der Waals surface area contributed by atoms with Crippen LogP contribution < -0.4 is 5.56 Å². The van der Waals surface area contributed by atoms with Crippen LogP contribution in [0.25, 0.3) is 10.9 Å². The average molecular weight is 369 g/mol. The van der Waals surface area contributed by atoms with E-state index in [1.807, 2.05) is 18.2 Å². The van der Waals surface area contributed by atoms with Crippen molar-refractivity contribution < 1.29 is 9.53 Å². The molecule has 1 atom stereocenters. The number of aromatic nitrogens is 2. The highest BCUT2D eigenvalue weighted by molar-refractivity contribution is 6.31. The van der Waals surface area contributed by atoms with Gasteiger partial charge in [0.05, 0.1) is 16.5 Å². The zero-order valence-corrected chi connectivity index (χ0v) is 15.0. The number of halogens is 1. The molecule has 0 unspecified atom stereocenters. The monoisotopic (exact) mass is 368 g/mol. The number of carbonyl (C=O) groups is 1. The summed E-state index contributed by atoms with van der Waals surface area (Å²) in [6, 6.07) is 12.1. The molecule has 0 spiro atoms. The predicted molar refractivity (Wildman–Crippen MR) is 99.6 cm³/mol. The fraction of sp³-hybridized carbons (Fsp3) is 0.250. The molecule has 0 fully saturated rings. The Bertz CT molecular complexity index is 1070. The van der Waals surface area contributed by atoms with Crippen LogP contribution in [-0.4, -0.2) is 15.5 Å². The summed E-state index contributed by atoms with van der Waals surface area (Å²) in [4.78, 5) is 29.6. The van der Waals surface area contributed by atoms with Crippen LogP contribution in [0.5, 0.6) is 0 Å². The molecule has 4 rings (SSSR count). The summed E-state index contributed by atoms with van der Waals surface area (Å²) in [6.45, 7) is 2.48. The van der Waals surface area contributed by atoms with Crippen molar-refractivity contribution in [1.82, 2.24) is 9.55 Å². The molecule has 0 saturated carbocycles. The highest BCUT2D eigenvalue weighted by atomic mass is 35.5. The van der Waals surface area contributed by atoms with Crippen LogP contribution in [0.4, 0.5) is 0 Å². The van der Waals surface area contributed by atoms with Gasteiger partial charge in [-0.2, -0.15) is 0 Å². The molecular formula is C20H17ClN2O3. The fourth-order valence-electron chi connectivity index (χ4n) is 3.31. The van der Waals surface area contributed by atoms with Crippen LogP contribution in [0.15, 0.2) is 47.3 Å². The van der Waals surface area contributed by atoms with Crippen molar-refractivity contribution in [2.45, 2.75) is 32.4 Å². The normalized spacial score (nSPS) is 14.2. The van der Waals surface area contributed by atoms with E-state index in [1.165, 1.54) is 0 Å². The van der Waals surface area contributed by atoms with Gasteiger partial charge in [0.1, 0.15) is 11.9 Å². The topological polar surface area (TPSA) is 61.2 Å². The third-order valence-corrected chi connectivity index (χ3v) is 5.02. The number of benzene rings is 2. The number of hydrogen-bond acceptors (Lipinski definition) is 4. The highest BCUT2D eigenvalue weighted by Crippen LogP contribution is 2.26. The second kappa shape index (κ2) is 6.57. The van der Waals surface area contributed by atoms with Crippen LogP contribution >= 0.6 is 11.6 Å². The standard InChI is InChI=1S/C20H17ClN2O3/c1-12(14-5-2-3-6-16(14)21)26-20(25)13-8-9-15-17(11-13)22-18-7-4-10-23(18)19(15)24/h2-3,5-6,8-9,11-12H,4,7,10H2,1H3/t12-/m1/s1. The largest absolute Gasteiger partial charge is 0.454 e. The Morgan fingerprint density at radius 2 is 2.08 bits per heavy atom. The first kappa shape index (κ1) is 16.8. The van der Waals surface area contributed by atoms with Gasteiger partial charge in [-0.15, -0.1) is 0 Å². The van der Waals surface area contributed by atoms with Crippen LogP contribution in [0.2, 0.25) is 5.02 Å². The molecule has 2 aromatic carbocycles. The van der Waals surface area contributed by atoms with Crippen LogP contribution in [0.3, 0.4) is 0 Å². The first-order chi connectivity index (χ1) is 12.5. The van der Waals surface area contributed by atoms with Crippen molar-refractivity contribution in [1.29, 1.82) is 0 Å². The Morgan fingerprint density at radius 1 is 1.27 bits per heavy atom. The lowest BCUT2D eigenvalue weighted by atomic mass is 10.1. The SMILES string of the molecule is C[C@@H](OC(=O)c1ccc2c(=O)n3c(nc2c1)CCC3)c1ccccc1Cl. The number of fused-ring (bicyclic) bond motifs is 2. The van der Waals surface area contributed by atoms with Crippen molar-refractivity contribution in [3.63, 3.8) is 0 Å². The summed E-state index contributed by atoms with van der Waals surface area (Å²) < 4.78 is 7.25. The molecule has 0 N–H and O–H groups in total. The number of esters is 1. The number of rotatable bonds is 3. The molecule has 0 amide bonds. The maximum absolute atomic E-state index is 12.5. The number of nitrogens with zero attached hydrogens (tertiary/aromatic N) is 2. The lowest BCUT2D eigenvalue weighted by molar-refractivity contribution is 0.0338. The lowest BCUT2D eigenvalue weighted by Crippen LogP contribution is -2.21. The van der Waals surface area contributed by atoms with Crippen LogP contribution in [-0.2, 0) is 17.7 Å². The van der Waals surface area contributed by atoms with E-state index in [0.717, 1.165) is 24.2 Å². The van der Waals surface area contributed by atoms with Crippen molar-refractivity contribution >= 4 is 28.5 Å². The van der Waals surface area contributed by atoms with Gasteiger partial charge in [-0.05, 0) is 37.6 Å². The maximum Gasteiger partial charge on any atom is 0.338 e. The van der Waals surface area contributed by atoms with E-state index in [4.69, 9.17) is 16.3 Å². The Hall–Kier alpha value is -2.66. The van der Waals surface area contributed by atoms with Gasteiger partial charge < -0.3 is 4.74 Å². The molecule has 0 radical (unpaired) electrons. The zero-order valence-electron chi connectivity index (χ0n) is 14.2. The summed E-state index contributed by atoms with van der Waals surface area (Å²) in [5.74, 6) is 0.305. The lowest BCUT2D eigenvalue weighted by Gasteiger charge is -2.15. The van der Waals surface area contributed by atoms with E-state index in [-0.39, 0.29) is 5.56 Å². The molecular weight excluding hydrogens is 352 g/mol. The van der Waals surface area contributed by atoms with E-state index in [9.17, 15) is 9.59 Å².